The maximum absolute atomic E-state index is 13.2. The van der Waals surface area contributed by atoms with Gasteiger partial charge in [0.2, 0.25) is 0 Å². The van der Waals surface area contributed by atoms with Gasteiger partial charge in [-0.25, -0.2) is 13.4 Å². The summed E-state index contributed by atoms with van der Waals surface area (Å²) in [6, 6.07) is 11.2. The summed E-state index contributed by atoms with van der Waals surface area (Å²) < 4.78 is 31.9. The van der Waals surface area contributed by atoms with Crippen LogP contribution in [0.4, 0.5) is 5.13 Å². The van der Waals surface area contributed by atoms with Gasteiger partial charge >= 0.3 is 0 Å². The zero-order valence-electron chi connectivity index (χ0n) is 18.6. The van der Waals surface area contributed by atoms with E-state index in [9.17, 15) is 8.42 Å². The van der Waals surface area contributed by atoms with Gasteiger partial charge in [-0.2, -0.15) is 0 Å². The van der Waals surface area contributed by atoms with E-state index in [4.69, 9.17) is 32.9 Å². The molecule has 3 aromatic rings. The highest BCUT2D eigenvalue weighted by Crippen LogP contribution is 2.34. The summed E-state index contributed by atoms with van der Waals surface area (Å²) in [6.45, 7) is 5.69. The van der Waals surface area contributed by atoms with Crippen LogP contribution in [0.15, 0.2) is 46.7 Å². The standard InChI is InChI=1S/C24H26Cl2N2O3S2/c1-3-31-19-6-4-17(5-7-19)13-18-15-32-24(27-18)28-10-8-20(9-11-28)33(29,30)23-12-16(2)21(25)14-22(23)26/h4-7,12,14-15,20H,3,8-11,13H2,1-2H3. The largest absolute Gasteiger partial charge is 0.494 e. The molecule has 2 aromatic carbocycles. The normalized spacial score (nSPS) is 15.1. The highest BCUT2D eigenvalue weighted by atomic mass is 35.5. The molecule has 0 spiro atoms. The average molecular weight is 526 g/mol. The monoisotopic (exact) mass is 524 g/mol. The van der Waals surface area contributed by atoms with Crippen LogP contribution in [-0.4, -0.2) is 38.3 Å². The zero-order chi connectivity index (χ0) is 23.6. The highest BCUT2D eigenvalue weighted by molar-refractivity contribution is 7.92. The third kappa shape index (κ3) is 5.48. The number of aryl methyl sites for hydroxylation is 1. The molecule has 0 atom stereocenters. The van der Waals surface area contributed by atoms with Crippen molar-refractivity contribution in [2.75, 3.05) is 24.6 Å². The SMILES string of the molecule is CCOc1ccc(Cc2csc(N3CCC(S(=O)(=O)c4cc(C)c(Cl)cc4Cl)CC3)n2)cc1. The summed E-state index contributed by atoms with van der Waals surface area (Å²) >= 11 is 13.9. The molecular formula is C24H26Cl2N2O3S2. The van der Waals surface area contributed by atoms with Gasteiger partial charge in [0.1, 0.15) is 5.75 Å². The van der Waals surface area contributed by atoms with Crippen molar-refractivity contribution in [1.82, 2.24) is 4.98 Å². The summed E-state index contributed by atoms with van der Waals surface area (Å²) in [6.07, 6.45) is 1.82. The number of aromatic nitrogens is 1. The van der Waals surface area contributed by atoms with E-state index in [-0.39, 0.29) is 9.92 Å². The van der Waals surface area contributed by atoms with Crippen LogP contribution in [0.5, 0.6) is 5.75 Å². The Morgan fingerprint density at radius 3 is 2.48 bits per heavy atom. The number of halogens is 2. The fraction of sp³-hybridized carbons (Fsp3) is 0.375. The predicted molar refractivity (Wildman–Crippen MR) is 136 cm³/mol. The Kier molecular flexibility index (Phi) is 7.53. The molecule has 4 rings (SSSR count). The second kappa shape index (κ2) is 10.2. The summed E-state index contributed by atoms with van der Waals surface area (Å²) in [7, 11) is -3.53. The highest BCUT2D eigenvalue weighted by Gasteiger charge is 2.33. The Morgan fingerprint density at radius 2 is 1.82 bits per heavy atom. The van der Waals surface area contributed by atoms with Crippen LogP contribution in [0.25, 0.3) is 0 Å². The molecule has 1 aliphatic rings. The minimum absolute atomic E-state index is 0.177. The zero-order valence-corrected chi connectivity index (χ0v) is 21.7. The minimum atomic E-state index is -3.53. The molecule has 1 aromatic heterocycles. The van der Waals surface area contributed by atoms with Crippen LogP contribution < -0.4 is 9.64 Å². The Hall–Kier alpha value is -1.80. The maximum Gasteiger partial charge on any atom is 0.185 e. The quantitative estimate of drug-likeness (QED) is 0.368. The number of benzene rings is 2. The third-order valence-electron chi connectivity index (χ3n) is 5.83. The topological polar surface area (TPSA) is 59.5 Å². The molecule has 1 fully saturated rings. The number of ether oxygens (including phenoxy) is 1. The van der Waals surface area contributed by atoms with Crippen LogP contribution >= 0.6 is 34.5 Å². The van der Waals surface area contributed by atoms with Gasteiger partial charge in [-0.3, -0.25) is 0 Å². The summed E-state index contributed by atoms with van der Waals surface area (Å²) in [5.41, 5.74) is 2.90. The second-order valence-electron chi connectivity index (χ2n) is 8.14. The van der Waals surface area contributed by atoms with E-state index in [2.05, 4.69) is 22.4 Å². The smallest absolute Gasteiger partial charge is 0.185 e. The molecule has 0 unspecified atom stereocenters. The van der Waals surface area contributed by atoms with Crippen LogP contribution in [-0.2, 0) is 16.3 Å². The van der Waals surface area contributed by atoms with Crippen LogP contribution in [0, 0.1) is 6.92 Å². The van der Waals surface area contributed by atoms with E-state index in [1.165, 1.54) is 11.6 Å². The van der Waals surface area contributed by atoms with Crippen molar-refractivity contribution in [3.63, 3.8) is 0 Å². The minimum Gasteiger partial charge on any atom is -0.494 e. The summed E-state index contributed by atoms with van der Waals surface area (Å²) in [4.78, 5) is 7.15. The van der Waals surface area contributed by atoms with Gasteiger partial charge in [0.15, 0.2) is 15.0 Å². The van der Waals surface area contributed by atoms with Crippen molar-refractivity contribution in [2.24, 2.45) is 0 Å². The lowest BCUT2D eigenvalue weighted by Gasteiger charge is -2.31. The van der Waals surface area contributed by atoms with Crippen molar-refractivity contribution in [3.8, 4) is 5.75 Å². The van der Waals surface area contributed by atoms with Crippen molar-refractivity contribution in [2.45, 2.75) is 43.3 Å². The number of hydrogen-bond acceptors (Lipinski definition) is 6. The van der Waals surface area contributed by atoms with Gasteiger partial charge in [0.05, 0.1) is 27.5 Å². The first-order valence-corrected chi connectivity index (χ1v) is 14.1. The molecule has 176 valence electrons. The van der Waals surface area contributed by atoms with Crippen molar-refractivity contribution in [1.29, 1.82) is 0 Å². The van der Waals surface area contributed by atoms with Gasteiger partial charge in [0, 0.05) is 29.9 Å². The molecule has 0 radical (unpaired) electrons. The molecule has 0 aliphatic carbocycles. The lowest BCUT2D eigenvalue weighted by molar-refractivity contribution is 0.340. The number of nitrogens with zero attached hydrogens (tertiary/aromatic N) is 2. The van der Waals surface area contributed by atoms with Crippen molar-refractivity contribution in [3.05, 3.63) is 68.6 Å². The number of thiazole rings is 1. The fourth-order valence-electron chi connectivity index (χ4n) is 3.99. The van der Waals surface area contributed by atoms with E-state index in [1.807, 2.05) is 19.1 Å². The fourth-order valence-corrected chi connectivity index (χ4v) is 7.43. The van der Waals surface area contributed by atoms with Gasteiger partial charge in [-0.1, -0.05) is 35.3 Å². The van der Waals surface area contributed by atoms with E-state index in [1.54, 1.807) is 24.3 Å². The average Bonchev–Trinajstić information content (AvgIpc) is 3.26. The molecule has 9 heteroatoms. The third-order valence-corrected chi connectivity index (χ3v) is 9.91. The number of piperidine rings is 1. The van der Waals surface area contributed by atoms with E-state index >= 15 is 0 Å². The molecule has 0 bridgehead atoms. The molecule has 5 nitrogen and oxygen atoms in total. The van der Waals surface area contributed by atoms with Crippen LogP contribution in [0.1, 0.15) is 36.6 Å². The molecular weight excluding hydrogens is 499 g/mol. The molecule has 1 aliphatic heterocycles. The molecule has 33 heavy (non-hydrogen) atoms. The summed E-state index contributed by atoms with van der Waals surface area (Å²) in [5.74, 6) is 0.869. The number of hydrogen-bond donors (Lipinski definition) is 0. The molecule has 1 saturated heterocycles. The second-order valence-corrected chi connectivity index (χ2v) is 12.0. The lowest BCUT2D eigenvalue weighted by Crippen LogP contribution is -2.39. The van der Waals surface area contributed by atoms with Crippen LogP contribution in [0.2, 0.25) is 10.0 Å². The maximum atomic E-state index is 13.2. The van der Waals surface area contributed by atoms with Gasteiger partial charge in [0.25, 0.3) is 0 Å². The molecule has 2 heterocycles. The van der Waals surface area contributed by atoms with Crippen molar-refractivity contribution < 1.29 is 13.2 Å². The van der Waals surface area contributed by atoms with E-state index < -0.39 is 15.1 Å². The van der Waals surface area contributed by atoms with Gasteiger partial charge < -0.3 is 9.64 Å². The molecule has 0 saturated carbocycles. The Morgan fingerprint density at radius 1 is 1.12 bits per heavy atom. The molecule has 0 N–H and O–H groups in total. The van der Waals surface area contributed by atoms with E-state index in [0.29, 0.717) is 43.1 Å². The Labute approximate surface area is 209 Å². The Balaban J connectivity index is 1.39. The first kappa shape index (κ1) is 24.3. The van der Waals surface area contributed by atoms with Crippen molar-refractivity contribution >= 4 is 49.5 Å². The lowest BCUT2D eigenvalue weighted by atomic mass is 10.1. The number of anilines is 1. The first-order chi connectivity index (χ1) is 15.8. The first-order valence-electron chi connectivity index (χ1n) is 10.9. The van der Waals surface area contributed by atoms with Gasteiger partial charge in [-0.15, -0.1) is 11.3 Å². The van der Waals surface area contributed by atoms with E-state index in [0.717, 1.165) is 23.0 Å². The number of sulfone groups is 1. The van der Waals surface area contributed by atoms with Gasteiger partial charge in [-0.05, 0) is 62.1 Å². The number of rotatable bonds is 7. The summed E-state index contributed by atoms with van der Waals surface area (Å²) in [5, 5.41) is 3.21. The predicted octanol–water partition coefficient (Wildman–Crippen LogP) is 6.19. The van der Waals surface area contributed by atoms with Crippen LogP contribution in [0.3, 0.4) is 0 Å². The molecule has 0 amide bonds. The Bertz CT molecular complexity index is 1220.